The topological polar surface area (TPSA) is 72.5 Å². The fourth-order valence-electron chi connectivity index (χ4n) is 2.12. The number of ether oxygens (including phenoxy) is 1. The van der Waals surface area contributed by atoms with Gasteiger partial charge >= 0.3 is 0 Å². The second-order valence-electron chi connectivity index (χ2n) is 5.10. The van der Waals surface area contributed by atoms with Crippen LogP contribution in [0.3, 0.4) is 0 Å². The van der Waals surface area contributed by atoms with E-state index < -0.39 is 14.6 Å². The number of carbonyl (C=O) groups is 1. The summed E-state index contributed by atoms with van der Waals surface area (Å²) in [5.41, 5.74) is -0.195. The number of benzene rings is 1. The van der Waals surface area contributed by atoms with Crippen LogP contribution in [0.25, 0.3) is 0 Å². The van der Waals surface area contributed by atoms with E-state index in [-0.39, 0.29) is 22.5 Å². The van der Waals surface area contributed by atoms with Gasteiger partial charge in [0.2, 0.25) is 0 Å². The van der Waals surface area contributed by atoms with Gasteiger partial charge in [-0.25, -0.2) is 8.42 Å². The van der Waals surface area contributed by atoms with Gasteiger partial charge in [0.25, 0.3) is 15.0 Å². The third-order valence-electron chi connectivity index (χ3n) is 3.66. The minimum atomic E-state index is -3.84. The predicted octanol–water partition coefficient (Wildman–Crippen LogP) is 1.91. The molecule has 1 aromatic rings. The molecule has 1 aliphatic rings. The van der Waals surface area contributed by atoms with Crippen LogP contribution < -0.4 is 5.32 Å². The third kappa shape index (κ3) is 3.13. The van der Waals surface area contributed by atoms with Crippen molar-refractivity contribution >= 4 is 25.6 Å². The molecule has 2 atom stereocenters. The van der Waals surface area contributed by atoms with Crippen molar-refractivity contribution in [3.8, 4) is 0 Å². The lowest BCUT2D eigenvalue weighted by Gasteiger charge is -2.28. The van der Waals surface area contributed by atoms with Crippen LogP contribution in [0.5, 0.6) is 0 Å². The van der Waals surface area contributed by atoms with E-state index in [1.54, 1.807) is 6.07 Å². The fraction of sp³-hybridized carbons (Fsp3) is 0.462. The smallest absolute Gasteiger partial charge is 0.261 e. The zero-order valence-corrected chi connectivity index (χ0v) is 12.8. The summed E-state index contributed by atoms with van der Waals surface area (Å²) in [6, 6.07) is 5.65. The van der Waals surface area contributed by atoms with E-state index in [0.29, 0.717) is 13.0 Å². The van der Waals surface area contributed by atoms with Gasteiger partial charge in [0, 0.05) is 22.9 Å². The second-order valence-corrected chi connectivity index (χ2v) is 7.67. The van der Waals surface area contributed by atoms with Crippen molar-refractivity contribution in [3.05, 3.63) is 29.8 Å². The number of hydrogen-bond donors (Lipinski definition) is 1. The molecule has 1 aliphatic heterocycles. The third-order valence-corrected chi connectivity index (χ3v) is 5.01. The Bertz CT molecular complexity index is 631. The molecule has 1 N–H and O–H groups in total. The minimum Gasteiger partial charge on any atom is -0.376 e. The molecule has 20 heavy (non-hydrogen) atoms. The molecule has 1 aromatic carbocycles. The molecule has 110 valence electrons. The molecular weight excluding hydrogens is 302 g/mol. The molecule has 0 aromatic heterocycles. The number of hydrogen-bond acceptors (Lipinski definition) is 4. The van der Waals surface area contributed by atoms with Crippen molar-refractivity contribution < 1.29 is 17.9 Å². The second kappa shape index (κ2) is 5.35. The van der Waals surface area contributed by atoms with E-state index in [1.807, 2.05) is 13.8 Å². The van der Waals surface area contributed by atoms with Crippen molar-refractivity contribution in [1.82, 2.24) is 5.32 Å². The van der Waals surface area contributed by atoms with Crippen molar-refractivity contribution in [3.63, 3.8) is 0 Å². The first kappa shape index (κ1) is 15.3. The zero-order valence-electron chi connectivity index (χ0n) is 11.2. The molecule has 0 spiro atoms. The summed E-state index contributed by atoms with van der Waals surface area (Å²) >= 11 is 0. The molecule has 2 rings (SSSR count). The summed E-state index contributed by atoms with van der Waals surface area (Å²) < 4.78 is 28.0. The number of rotatable bonds is 3. The highest BCUT2D eigenvalue weighted by Crippen LogP contribution is 2.26. The van der Waals surface area contributed by atoms with Crippen LogP contribution in [0.2, 0.25) is 0 Å². The van der Waals surface area contributed by atoms with Crippen molar-refractivity contribution in [1.29, 1.82) is 0 Å². The monoisotopic (exact) mass is 317 g/mol. The zero-order chi connectivity index (χ0) is 15.0. The molecule has 0 bridgehead atoms. The summed E-state index contributed by atoms with van der Waals surface area (Å²) in [5, 5.41) is 2.90. The van der Waals surface area contributed by atoms with Gasteiger partial charge in [0.1, 0.15) is 0 Å². The molecule has 0 aliphatic carbocycles. The number of nitrogens with one attached hydrogen (secondary N) is 1. The molecule has 7 heteroatoms. The highest BCUT2D eigenvalue weighted by atomic mass is 35.7. The van der Waals surface area contributed by atoms with Crippen molar-refractivity contribution in [2.24, 2.45) is 0 Å². The van der Waals surface area contributed by atoms with Gasteiger partial charge in [-0.3, -0.25) is 4.79 Å². The van der Waals surface area contributed by atoms with E-state index in [2.05, 4.69) is 5.32 Å². The number of halogens is 1. The lowest BCUT2D eigenvalue weighted by molar-refractivity contribution is 0.0727. The number of carbonyl (C=O) groups excluding carboxylic acids is 1. The van der Waals surface area contributed by atoms with Gasteiger partial charge in [-0.2, -0.15) is 0 Å². The SMILES string of the molecule is CC1OCCC1(C)NC(=O)c1cccc(S(=O)(=O)Cl)c1. The quantitative estimate of drug-likeness (QED) is 0.864. The molecule has 0 saturated carbocycles. The largest absolute Gasteiger partial charge is 0.376 e. The predicted molar refractivity (Wildman–Crippen MR) is 75.4 cm³/mol. The van der Waals surface area contributed by atoms with Crippen molar-refractivity contribution in [2.75, 3.05) is 6.61 Å². The van der Waals surface area contributed by atoms with Gasteiger partial charge in [-0.05, 0) is 38.5 Å². The van der Waals surface area contributed by atoms with Gasteiger partial charge in [-0.15, -0.1) is 0 Å². The summed E-state index contributed by atoms with van der Waals surface area (Å²) in [6.45, 7) is 4.39. The average molecular weight is 318 g/mol. The van der Waals surface area contributed by atoms with Crippen LogP contribution in [-0.2, 0) is 13.8 Å². The maximum Gasteiger partial charge on any atom is 0.261 e. The molecule has 0 radical (unpaired) electrons. The van der Waals surface area contributed by atoms with Crippen molar-refractivity contribution in [2.45, 2.75) is 36.8 Å². The Hall–Kier alpha value is -1.11. The highest BCUT2D eigenvalue weighted by Gasteiger charge is 2.38. The van der Waals surface area contributed by atoms with Crippen LogP contribution in [-0.4, -0.2) is 32.6 Å². The Morgan fingerprint density at radius 2 is 2.20 bits per heavy atom. The average Bonchev–Trinajstić information content (AvgIpc) is 2.68. The number of amides is 1. The first-order valence-corrected chi connectivity index (χ1v) is 8.52. The Morgan fingerprint density at radius 1 is 1.50 bits per heavy atom. The normalized spacial score (nSPS) is 26.4. The fourth-order valence-corrected chi connectivity index (χ4v) is 2.92. The summed E-state index contributed by atoms with van der Waals surface area (Å²) in [6.07, 6.45) is 0.624. The molecule has 1 fully saturated rings. The maximum absolute atomic E-state index is 12.2. The molecule has 1 heterocycles. The summed E-state index contributed by atoms with van der Waals surface area (Å²) in [7, 11) is 1.43. The first-order chi connectivity index (χ1) is 9.22. The van der Waals surface area contributed by atoms with Crippen LogP contribution in [0, 0.1) is 0 Å². The lowest BCUT2D eigenvalue weighted by Crippen LogP contribution is -2.50. The summed E-state index contributed by atoms with van der Waals surface area (Å²) in [4.78, 5) is 12.1. The molecular formula is C13H16ClNO4S. The summed E-state index contributed by atoms with van der Waals surface area (Å²) in [5.74, 6) is -0.341. The van der Waals surface area contributed by atoms with Gasteiger partial charge in [0.15, 0.2) is 0 Å². The first-order valence-electron chi connectivity index (χ1n) is 6.21. The van der Waals surface area contributed by atoms with Gasteiger partial charge in [0.05, 0.1) is 16.5 Å². The molecule has 2 unspecified atom stereocenters. The van der Waals surface area contributed by atoms with Gasteiger partial charge < -0.3 is 10.1 Å². The highest BCUT2D eigenvalue weighted by molar-refractivity contribution is 8.13. The van der Waals surface area contributed by atoms with E-state index in [0.717, 1.165) is 0 Å². The Balaban J connectivity index is 2.22. The Labute approximate surface area is 122 Å². The van der Waals surface area contributed by atoms with Crippen LogP contribution in [0.4, 0.5) is 0 Å². The molecule has 1 amide bonds. The minimum absolute atomic E-state index is 0.0901. The molecule has 5 nitrogen and oxygen atoms in total. The molecule has 1 saturated heterocycles. The van der Waals surface area contributed by atoms with Gasteiger partial charge in [-0.1, -0.05) is 6.07 Å². The van der Waals surface area contributed by atoms with Crippen LogP contribution in [0.1, 0.15) is 30.6 Å². The maximum atomic E-state index is 12.2. The van der Waals surface area contributed by atoms with E-state index in [4.69, 9.17) is 15.4 Å². The van der Waals surface area contributed by atoms with E-state index in [1.165, 1.54) is 18.2 Å². The van der Waals surface area contributed by atoms with E-state index >= 15 is 0 Å². The standard InChI is InChI=1S/C13H16ClNO4S/c1-9-13(2,6-7-19-9)15-12(16)10-4-3-5-11(8-10)20(14,17)18/h3-5,8-9H,6-7H2,1-2H3,(H,15,16). The Morgan fingerprint density at radius 3 is 2.75 bits per heavy atom. The van der Waals surface area contributed by atoms with E-state index in [9.17, 15) is 13.2 Å². The lowest BCUT2D eigenvalue weighted by atomic mass is 9.94. The van der Waals surface area contributed by atoms with Crippen LogP contribution in [0.15, 0.2) is 29.2 Å². The van der Waals surface area contributed by atoms with Crippen LogP contribution >= 0.6 is 10.7 Å². The Kier molecular flexibility index (Phi) is 4.09.